The molecule has 4 rings (SSSR count). The molecule has 0 bridgehead atoms. The van der Waals surface area contributed by atoms with E-state index in [2.05, 4.69) is 26.7 Å². The Labute approximate surface area is 110 Å². The first-order valence-corrected chi connectivity index (χ1v) is 6.59. The van der Waals surface area contributed by atoms with Gasteiger partial charge in [0.05, 0.1) is 0 Å². The van der Waals surface area contributed by atoms with Crippen molar-refractivity contribution in [1.82, 2.24) is 10.6 Å². The fraction of sp³-hybridized carbons (Fsp3) is 0.357. The number of hydrogen-bond acceptors (Lipinski definition) is 4. The highest BCUT2D eigenvalue weighted by molar-refractivity contribution is 6.13. The van der Waals surface area contributed by atoms with Gasteiger partial charge in [0.15, 0.2) is 0 Å². The first kappa shape index (κ1) is 10.7. The Morgan fingerprint density at radius 3 is 3.11 bits per heavy atom. The van der Waals surface area contributed by atoms with Crippen molar-refractivity contribution < 1.29 is 4.79 Å². The van der Waals surface area contributed by atoms with Gasteiger partial charge in [0.25, 0.3) is 5.91 Å². The summed E-state index contributed by atoms with van der Waals surface area (Å²) in [7, 11) is 0. The van der Waals surface area contributed by atoms with Crippen molar-refractivity contribution in [3.63, 3.8) is 0 Å². The molecule has 1 fully saturated rings. The quantitative estimate of drug-likeness (QED) is 0.718. The Morgan fingerprint density at radius 1 is 1.37 bits per heavy atom. The lowest BCUT2D eigenvalue weighted by Gasteiger charge is -2.16. The summed E-state index contributed by atoms with van der Waals surface area (Å²) in [6, 6.07) is 0. The second-order valence-corrected chi connectivity index (χ2v) is 5.22. The Hall–Kier alpha value is -2.17. The van der Waals surface area contributed by atoms with Crippen LogP contribution in [0.15, 0.2) is 45.7 Å². The van der Waals surface area contributed by atoms with Crippen LogP contribution >= 0.6 is 0 Å². The number of nitrogens with zero attached hydrogens (tertiary/aromatic N) is 2. The number of dihydropyridines is 1. The molecule has 1 amide bonds. The predicted molar refractivity (Wildman–Crippen MR) is 72.5 cm³/mol. The average molecular weight is 254 g/mol. The molecule has 5 nitrogen and oxygen atoms in total. The van der Waals surface area contributed by atoms with Gasteiger partial charge in [-0.25, -0.2) is 4.99 Å². The highest BCUT2D eigenvalue weighted by atomic mass is 16.2. The number of nitrogens with one attached hydrogen (secondary N) is 2. The molecule has 2 atom stereocenters. The summed E-state index contributed by atoms with van der Waals surface area (Å²) in [5.41, 5.74) is 1.57. The van der Waals surface area contributed by atoms with Crippen LogP contribution < -0.4 is 10.6 Å². The zero-order valence-electron chi connectivity index (χ0n) is 10.3. The summed E-state index contributed by atoms with van der Waals surface area (Å²) in [4.78, 5) is 20.6. The number of amides is 1. The molecule has 0 spiro atoms. The number of carbonyl (C=O) groups is 1. The van der Waals surface area contributed by atoms with Gasteiger partial charge in [0.1, 0.15) is 17.7 Å². The molecule has 0 aromatic carbocycles. The topological polar surface area (TPSA) is 65.8 Å². The van der Waals surface area contributed by atoms with Crippen LogP contribution in [0.25, 0.3) is 0 Å². The minimum Gasteiger partial charge on any atom is -0.369 e. The van der Waals surface area contributed by atoms with E-state index in [0.717, 1.165) is 24.3 Å². The van der Waals surface area contributed by atoms with E-state index in [-0.39, 0.29) is 18.0 Å². The third kappa shape index (κ3) is 1.82. The molecule has 19 heavy (non-hydrogen) atoms. The Balaban J connectivity index is 1.60. The molecule has 3 heterocycles. The minimum absolute atomic E-state index is 0.0631. The molecular formula is C14H14N4O. The molecule has 3 aliphatic heterocycles. The largest absolute Gasteiger partial charge is 0.369 e. The first-order chi connectivity index (χ1) is 9.31. The molecule has 0 aromatic heterocycles. The molecule has 1 aliphatic carbocycles. The number of aliphatic imine (C=N–C) groups is 2. The third-order valence-electron chi connectivity index (χ3n) is 3.78. The summed E-state index contributed by atoms with van der Waals surface area (Å²) in [5.74, 6) is 1.43. The minimum atomic E-state index is -0.0884. The van der Waals surface area contributed by atoms with Gasteiger partial charge in [-0.2, -0.15) is 0 Å². The van der Waals surface area contributed by atoms with E-state index in [1.807, 2.05) is 18.4 Å². The van der Waals surface area contributed by atoms with E-state index < -0.39 is 0 Å². The van der Waals surface area contributed by atoms with Crippen molar-refractivity contribution in [3.8, 4) is 0 Å². The lowest BCUT2D eigenvalue weighted by Crippen LogP contribution is -2.26. The molecule has 2 N–H and O–H groups in total. The van der Waals surface area contributed by atoms with Gasteiger partial charge in [-0.05, 0) is 30.6 Å². The van der Waals surface area contributed by atoms with Crippen LogP contribution in [-0.2, 0) is 4.79 Å². The summed E-state index contributed by atoms with van der Waals surface area (Å²) >= 11 is 0. The van der Waals surface area contributed by atoms with Gasteiger partial charge in [0.2, 0.25) is 0 Å². The molecule has 0 saturated heterocycles. The van der Waals surface area contributed by atoms with Crippen molar-refractivity contribution >= 4 is 18.0 Å². The monoisotopic (exact) mass is 254 g/mol. The maximum absolute atomic E-state index is 11.9. The van der Waals surface area contributed by atoms with E-state index in [0.29, 0.717) is 11.6 Å². The number of carbonyl (C=O) groups excluding carboxylic acids is 1. The smallest absolute Gasteiger partial charge is 0.275 e. The van der Waals surface area contributed by atoms with E-state index in [4.69, 9.17) is 0 Å². The standard InChI is InChI=1S/C14H14N4O/c19-14-11(17-12(18-14)8-3-4-8)6-9-7-16-13-10(9)2-1-5-15-13/h1-2,5-8,10,13,16H,3-4H2,(H,17,18,19)/b11-6-. The van der Waals surface area contributed by atoms with E-state index in [1.165, 1.54) is 0 Å². The maximum atomic E-state index is 11.9. The normalized spacial score (nSPS) is 33.9. The number of hydrogen-bond donors (Lipinski definition) is 2. The van der Waals surface area contributed by atoms with Crippen molar-refractivity contribution in [2.75, 3.05) is 0 Å². The van der Waals surface area contributed by atoms with Crippen molar-refractivity contribution in [2.45, 2.75) is 19.0 Å². The highest BCUT2D eigenvalue weighted by Crippen LogP contribution is 2.33. The fourth-order valence-electron chi connectivity index (χ4n) is 2.56. The zero-order chi connectivity index (χ0) is 12.8. The number of rotatable bonds is 2. The number of fused-ring (bicyclic) bond motifs is 1. The van der Waals surface area contributed by atoms with E-state index in [1.54, 1.807) is 6.21 Å². The molecule has 0 radical (unpaired) electrons. The molecule has 5 heteroatoms. The van der Waals surface area contributed by atoms with E-state index in [9.17, 15) is 4.79 Å². The molecule has 2 unspecified atom stereocenters. The second kappa shape index (κ2) is 3.91. The molecule has 0 aromatic rings. The van der Waals surface area contributed by atoms with Crippen molar-refractivity contribution in [1.29, 1.82) is 0 Å². The second-order valence-electron chi connectivity index (χ2n) is 5.22. The highest BCUT2D eigenvalue weighted by Gasteiger charge is 2.34. The molecular weight excluding hydrogens is 240 g/mol. The Bertz CT molecular complexity index is 593. The van der Waals surface area contributed by atoms with Gasteiger partial charge in [0, 0.05) is 24.3 Å². The lowest BCUT2D eigenvalue weighted by molar-refractivity contribution is -0.115. The first-order valence-electron chi connectivity index (χ1n) is 6.59. The Morgan fingerprint density at radius 2 is 2.26 bits per heavy atom. The van der Waals surface area contributed by atoms with Gasteiger partial charge >= 0.3 is 0 Å². The number of allylic oxidation sites excluding steroid dienone is 2. The van der Waals surface area contributed by atoms with Crippen LogP contribution in [0.4, 0.5) is 0 Å². The zero-order valence-corrected chi connectivity index (χ0v) is 10.3. The van der Waals surface area contributed by atoms with Crippen LogP contribution in [-0.4, -0.2) is 24.1 Å². The summed E-state index contributed by atoms with van der Waals surface area (Å²) in [5, 5.41) is 6.07. The average Bonchev–Trinajstić information content (AvgIpc) is 3.11. The number of amidine groups is 1. The summed E-state index contributed by atoms with van der Waals surface area (Å²) < 4.78 is 0. The van der Waals surface area contributed by atoms with Crippen LogP contribution in [0, 0.1) is 11.8 Å². The van der Waals surface area contributed by atoms with Gasteiger partial charge < -0.3 is 10.6 Å². The third-order valence-corrected chi connectivity index (χ3v) is 3.78. The SMILES string of the molecule is O=C1NC(C2CC2)=N/C1=C\C1=CNC2N=CC=CC12. The van der Waals surface area contributed by atoms with Gasteiger partial charge in [-0.3, -0.25) is 9.79 Å². The van der Waals surface area contributed by atoms with Crippen molar-refractivity contribution in [2.24, 2.45) is 21.8 Å². The fourth-order valence-corrected chi connectivity index (χ4v) is 2.56. The summed E-state index contributed by atoms with van der Waals surface area (Å²) in [6.45, 7) is 0. The van der Waals surface area contributed by atoms with Crippen LogP contribution in [0.3, 0.4) is 0 Å². The van der Waals surface area contributed by atoms with Gasteiger partial charge in [-0.1, -0.05) is 6.08 Å². The Kier molecular flexibility index (Phi) is 2.21. The summed E-state index contributed by atoms with van der Waals surface area (Å²) in [6.07, 6.45) is 12.0. The molecule has 96 valence electrons. The van der Waals surface area contributed by atoms with E-state index >= 15 is 0 Å². The lowest BCUT2D eigenvalue weighted by atomic mass is 9.97. The van der Waals surface area contributed by atoms with Crippen LogP contribution in [0.5, 0.6) is 0 Å². The maximum Gasteiger partial charge on any atom is 0.275 e. The predicted octanol–water partition coefficient (Wildman–Crippen LogP) is 0.879. The van der Waals surface area contributed by atoms with Crippen LogP contribution in [0.1, 0.15) is 12.8 Å². The molecule has 4 aliphatic rings. The van der Waals surface area contributed by atoms with Crippen LogP contribution in [0.2, 0.25) is 0 Å². The van der Waals surface area contributed by atoms with Crippen molar-refractivity contribution in [3.05, 3.63) is 35.7 Å². The van der Waals surface area contributed by atoms with Gasteiger partial charge in [-0.15, -0.1) is 0 Å². The molecule has 1 saturated carbocycles.